The van der Waals surface area contributed by atoms with Gasteiger partial charge < -0.3 is 19.8 Å². The summed E-state index contributed by atoms with van der Waals surface area (Å²) in [6.07, 6.45) is 4.92. The van der Waals surface area contributed by atoms with Crippen LogP contribution >= 0.6 is 11.6 Å². The fourth-order valence-electron chi connectivity index (χ4n) is 3.63. The Balaban J connectivity index is 1.75. The number of imidazole rings is 1. The zero-order valence-electron chi connectivity index (χ0n) is 18.6. The summed E-state index contributed by atoms with van der Waals surface area (Å²) in [4.78, 5) is 20.3. The highest BCUT2D eigenvalue weighted by Gasteiger charge is 2.22. The van der Waals surface area contributed by atoms with E-state index in [0.717, 1.165) is 28.0 Å². The molecule has 1 aromatic carbocycles. The van der Waals surface area contributed by atoms with E-state index in [1.165, 1.54) is 6.33 Å². The first-order chi connectivity index (χ1) is 15.4. The van der Waals surface area contributed by atoms with Gasteiger partial charge in [-0.05, 0) is 45.4 Å². The maximum atomic E-state index is 6.65. The topological polar surface area (TPSA) is 97.8 Å². The van der Waals surface area contributed by atoms with Gasteiger partial charge in [-0.25, -0.2) is 19.9 Å². The number of hydrogen-bond donors (Lipinski definition) is 2. The number of pyridine rings is 1. The van der Waals surface area contributed by atoms with Gasteiger partial charge in [0.2, 0.25) is 5.88 Å². The van der Waals surface area contributed by atoms with Crippen LogP contribution in [0.1, 0.15) is 37.9 Å². The Kier molecular flexibility index (Phi) is 6.14. The lowest BCUT2D eigenvalue weighted by molar-refractivity contribution is 0.232. The first kappa shape index (κ1) is 21.8. The van der Waals surface area contributed by atoms with E-state index in [0.29, 0.717) is 27.9 Å². The lowest BCUT2D eigenvalue weighted by Crippen LogP contribution is -2.11. The van der Waals surface area contributed by atoms with Crippen molar-refractivity contribution < 1.29 is 9.47 Å². The Morgan fingerprint density at radius 1 is 1.09 bits per heavy atom. The van der Waals surface area contributed by atoms with Crippen molar-refractivity contribution in [1.82, 2.24) is 24.9 Å². The summed E-state index contributed by atoms with van der Waals surface area (Å²) in [5.41, 5.74) is 4.92. The van der Waals surface area contributed by atoms with Crippen LogP contribution in [0.2, 0.25) is 5.02 Å². The van der Waals surface area contributed by atoms with Gasteiger partial charge >= 0.3 is 0 Å². The Bertz CT molecular complexity index is 1240. The molecule has 0 aliphatic carbocycles. The van der Waals surface area contributed by atoms with Gasteiger partial charge in [-0.2, -0.15) is 0 Å². The number of rotatable bonds is 7. The van der Waals surface area contributed by atoms with Crippen molar-refractivity contribution in [3.05, 3.63) is 53.2 Å². The lowest BCUT2D eigenvalue weighted by atomic mass is 9.94. The van der Waals surface area contributed by atoms with Crippen LogP contribution in [0.15, 0.2) is 37.1 Å². The summed E-state index contributed by atoms with van der Waals surface area (Å²) < 4.78 is 11.6. The Morgan fingerprint density at radius 2 is 1.91 bits per heavy atom. The Morgan fingerprint density at radius 3 is 2.59 bits per heavy atom. The van der Waals surface area contributed by atoms with E-state index in [1.54, 1.807) is 19.6 Å². The van der Waals surface area contributed by atoms with E-state index in [-0.39, 0.29) is 12.1 Å². The number of benzene rings is 1. The van der Waals surface area contributed by atoms with E-state index >= 15 is 0 Å². The molecule has 0 radical (unpaired) electrons. The molecule has 9 heteroatoms. The molecule has 8 nitrogen and oxygen atoms in total. The highest BCUT2D eigenvalue weighted by molar-refractivity contribution is 6.32. The van der Waals surface area contributed by atoms with E-state index < -0.39 is 0 Å². The molecule has 166 valence electrons. The molecule has 0 saturated carbocycles. The second-order valence-corrected chi connectivity index (χ2v) is 8.13. The molecule has 0 amide bonds. The molecule has 1 unspecified atom stereocenters. The van der Waals surface area contributed by atoms with Crippen molar-refractivity contribution in [3.8, 4) is 22.8 Å². The molecule has 0 aliphatic heterocycles. The van der Waals surface area contributed by atoms with Gasteiger partial charge in [-0.3, -0.25) is 0 Å². The van der Waals surface area contributed by atoms with Gasteiger partial charge in [0.1, 0.15) is 17.6 Å². The largest absolute Gasteiger partial charge is 0.496 e. The van der Waals surface area contributed by atoms with Gasteiger partial charge in [0.05, 0.1) is 25.6 Å². The van der Waals surface area contributed by atoms with Crippen LogP contribution in [0.3, 0.4) is 0 Å². The van der Waals surface area contributed by atoms with Crippen molar-refractivity contribution in [1.29, 1.82) is 0 Å². The second-order valence-electron chi connectivity index (χ2n) is 7.72. The number of aromatic amines is 1. The summed E-state index contributed by atoms with van der Waals surface area (Å²) in [7, 11) is 1.66. The van der Waals surface area contributed by atoms with E-state index in [9.17, 15) is 0 Å². The molecule has 4 aromatic rings. The molecule has 32 heavy (non-hydrogen) atoms. The van der Waals surface area contributed by atoms with Crippen molar-refractivity contribution in [2.45, 2.75) is 39.8 Å². The van der Waals surface area contributed by atoms with E-state index in [4.69, 9.17) is 21.1 Å². The number of nitrogens with zero attached hydrogens (tertiary/aromatic N) is 4. The van der Waals surface area contributed by atoms with Crippen LogP contribution in [0.4, 0.5) is 5.82 Å². The lowest BCUT2D eigenvalue weighted by Gasteiger charge is -2.22. The zero-order valence-corrected chi connectivity index (χ0v) is 19.4. The zero-order chi connectivity index (χ0) is 22.8. The molecule has 2 N–H and O–H groups in total. The average molecular weight is 453 g/mol. The third-order valence-electron chi connectivity index (χ3n) is 5.13. The third kappa shape index (κ3) is 4.18. The van der Waals surface area contributed by atoms with Gasteiger partial charge in [0.15, 0.2) is 11.5 Å². The van der Waals surface area contributed by atoms with Gasteiger partial charge in [0, 0.05) is 34.0 Å². The molecule has 3 aromatic heterocycles. The first-order valence-electron chi connectivity index (χ1n) is 10.3. The molecule has 3 heterocycles. The number of H-pyrrole nitrogens is 1. The van der Waals surface area contributed by atoms with Gasteiger partial charge in [0.25, 0.3) is 0 Å². The fraction of sp³-hybridized carbons (Fsp3) is 0.304. The van der Waals surface area contributed by atoms with Gasteiger partial charge in [-0.1, -0.05) is 11.6 Å². The van der Waals surface area contributed by atoms with Crippen molar-refractivity contribution in [2.24, 2.45) is 0 Å². The highest BCUT2D eigenvalue weighted by Crippen LogP contribution is 2.43. The fourth-order valence-corrected chi connectivity index (χ4v) is 3.84. The van der Waals surface area contributed by atoms with Crippen LogP contribution in [-0.2, 0) is 0 Å². The maximum absolute atomic E-state index is 6.65. The average Bonchev–Trinajstić information content (AvgIpc) is 3.25. The number of halogens is 1. The van der Waals surface area contributed by atoms with Crippen LogP contribution < -0.4 is 14.8 Å². The molecule has 0 spiro atoms. The summed E-state index contributed by atoms with van der Waals surface area (Å²) in [5.74, 6) is 1.92. The predicted molar refractivity (Wildman–Crippen MR) is 125 cm³/mol. The molecular formula is C23H25ClN6O2. The number of fused-ring (bicyclic) bond motifs is 1. The van der Waals surface area contributed by atoms with E-state index in [1.807, 2.05) is 45.9 Å². The van der Waals surface area contributed by atoms with Crippen molar-refractivity contribution in [3.63, 3.8) is 0 Å². The first-order valence-corrected chi connectivity index (χ1v) is 10.7. The molecule has 4 rings (SSSR count). The molecule has 1 atom stereocenters. The quantitative estimate of drug-likeness (QED) is 0.390. The van der Waals surface area contributed by atoms with E-state index in [2.05, 4.69) is 30.2 Å². The number of ether oxygens (including phenoxy) is 2. The van der Waals surface area contributed by atoms with Crippen LogP contribution in [0.25, 0.3) is 22.3 Å². The van der Waals surface area contributed by atoms with Crippen LogP contribution in [0, 0.1) is 6.92 Å². The Labute approximate surface area is 191 Å². The maximum Gasteiger partial charge on any atom is 0.213 e. The summed E-state index contributed by atoms with van der Waals surface area (Å²) >= 11 is 6.65. The smallest absolute Gasteiger partial charge is 0.213 e. The molecular weight excluding hydrogens is 428 g/mol. The molecule has 0 fully saturated rings. The minimum Gasteiger partial charge on any atom is -0.496 e. The summed E-state index contributed by atoms with van der Waals surface area (Å²) in [6, 6.07) is 5.56. The summed E-state index contributed by atoms with van der Waals surface area (Å²) in [5, 5.41) is 4.05. The van der Waals surface area contributed by atoms with Crippen molar-refractivity contribution in [2.75, 3.05) is 12.4 Å². The molecule has 0 bridgehead atoms. The predicted octanol–water partition coefficient (Wildman–Crippen LogP) is 5.35. The normalized spacial score (nSPS) is 12.2. The minimum atomic E-state index is -0.173. The number of methoxy groups -OCH3 is 1. The molecule has 0 saturated heterocycles. The van der Waals surface area contributed by atoms with Crippen LogP contribution in [-0.4, -0.2) is 38.1 Å². The number of anilines is 1. The van der Waals surface area contributed by atoms with Gasteiger partial charge in [-0.15, -0.1) is 0 Å². The molecule has 0 aliphatic rings. The monoisotopic (exact) mass is 452 g/mol. The third-order valence-corrected chi connectivity index (χ3v) is 5.52. The second kappa shape index (κ2) is 9.00. The van der Waals surface area contributed by atoms with Crippen molar-refractivity contribution >= 4 is 28.6 Å². The number of nitrogens with one attached hydrogen (secondary N) is 2. The summed E-state index contributed by atoms with van der Waals surface area (Å²) in [6.45, 7) is 7.92. The van der Waals surface area contributed by atoms with Crippen LogP contribution in [0.5, 0.6) is 11.6 Å². The number of aromatic nitrogens is 5. The minimum absolute atomic E-state index is 0.0529. The highest BCUT2D eigenvalue weighted by atomic mass is 35.5. The number of hydrogen-bond acceptors (Lipinski definition) is 7. The Hall–Kier alpha value is -3.39. The standard InChI is InChI=1S/C23H25ClN6O2/c1-12(2)32-18-7-6-15(9-25-18)19-13(3)17(24)8-16(21(19)31-5)14(4)30-23-20-22(27-10-26-20)28-11-29-23/h6-12,14H,1-5H3,(H2,26,27,28,29,30). The SMILES string of the molecule is COc1c(C(C)Nc2ncnc3[nH]cnc23)cc(Cl)c(C)c1-c1ccc(OC(C)C)nc1.